The second-order valence-corrected chi connectivity index (χ2v) is 3.69. The topological polar surface area (TPSA) is 79.3 Å². The van der Waals surface area contributed by atoms with Crippen LogP contribution in [-0.4, -0.2) is 22.0 Å². The van der Waals surface area contributed by atoms with E-state index in [4.69, 9.17) is 5.11 Å². The summed E-state index contributed by atoms with van der Waals surface area (Å²) in [5.41, 5.74) is 0.265. The zero-order valence-electron chi connectivity index (χ0n) is 9.63. The first-order chi connectivity index (χ1) is 9.06. The van der Waals surface area contributed by atoms with E-state index in [1.165, 1.54) is 36.4 Å². The monoisotopic (exact) mass is 260 g/mol. The number of nitrogens with one attached hydrogen (secondary N) is 1. The molecule has 0 saturated carbocycles. The normalized spacial score (nSPS) is 9.95. The Morgan fingerprint density at radius 1 is 1.16 bits per heavy atom. The number of amides is 1. The number of pyridine rings is 1. The van der Waals surface area contributed by atoms with Crippen molar-refractivity contribution in [3.8, 4) is 0 Å². The molecule has 0 atom stereocenters. The van der Waals surface area contributed by atoms with Gasteiger partial charge in [0.1, 0.15) is 5.69 Å². The predicted octanol–water partition coefficient (Wildman–Crippen LogP) is 2.17. The summed E-state index contributed by atoms with van der Waals surface area (Å²) in [7, 11) is 0. The van der Waals surface area contributed by atoms with Crippen molar-refractivity contribution < 1.29 is 19.1 Å². The Bertz CT molecular complexity index is 643. The molecule has 1 aromatic carbocycles. The number of carboxylic acid groups (broad SMARTS) is 1. The molecule has 19 heavy (non-hydrogen) atoms. The molecule has 2 N–H and O–H groups in total. The SMILES string of the molecule is O=C(O)c1cccc(NC(=O)c2cccc(F)n2)c1. The number of anilines is 1. The molecule has 1 heterocycles. The molecule has 6 heteroatoms. The quantitative estimate of drug-likeness (QED) is 0.829. The number of rotatable bonds is 3. The van der Waals surface area contributed by atoms with E-state index in [1.807, 2.05) is 0 Å². The number of carbonyl (C=O) groups is 2. The lowest BCUT2D eigenvalue weighted by atomic mass is 10.2. The van der Waals surface area contributed by atoms with Crippen molar-refractivity contribution in [2.24, 2.45) is 0 Å². The number of carboxylic acids is 1. The number of carbonyl (C=O) groups excluding carboxylic acids is 1. The lowest BCUT2D eigenvalue weighted by molar-refractivity contribution is 0.0696. The van der Waals surface area contributed by atoms with Gasteiger partial charge >= 0.3 is 5.97 Å². The highest BCUT2D eigenvalue weighted by Crippen LogP contribution is 2.12. The van der Waals surface area contributed by atoms with Gasteiger partial charge in [-0.2, -0.15) is 4.39 Å². The van der Waals surface area contributed by atoms with Crippen LogP contribution in [0.2, 0.25) is 0 Å². The molecule has 1 aromatic heterocycles. The van der Waals surface area contributed by atoms with Crippen LogP contribution >= 0.6 is 0 Å². The number of aromatic nitrogens is 1. The van der Waals surface area contributed by atoms with Crippen LogP contribution in [0.5, 0.6) is 0 Å². The summed E-state index contributed by atoms with van der Waals surface area (Å²) >= 11 is 0. The lowest BCUT2D eigenvalue weighted by Gasteiger charge is -2.05. The third kappa shape index (κ3) is 3.12. The minimum atomic E-state index is -1.10. The highest BCUT2D eigenvalue weighted by molar-refractivity contribution is 6.03. The van der Waals surface area contributed by atoms with Gasteiger partial charge in [-0.15, -0.1) is 0 Å². The predicted molar refractivity (Wildman–Crippen MR) is 65.5 cm³/mol. The molecule has 1 amide bonds. The molecule has 0 aliphatic heterocycles. The molecule has 96 valence electrons. The maximum Gasteiger partial charge on any atom is 0.335 e. The van der Waals surface area contributed by atoms with Gasteiger partial charge in [-0.25, -0.2) is 9.78 Å². The molecule has 0 spiro atoms. The van der Waals surface area contributed by atoms with Gasteiger partial charge in [0.05, 0.1) is 5.56 Å². The van der Waals surface area contributed by atoms with Crippen LogP contribution in [0.3, 0.4) is 0 Å². The molecule has 0 radical (unpaired) electrons. The molecule has 2 aromatic rings. The first kappa shape index (κ1) is 12.7. The number of hydrogen-bond acceptors (Lipinski definition) is 3. The maximum absolute atomic E-state index is 12.9. The Morgan fingerprint density at radius 3 is 2.58 bits per heavy atom. The number of aromatic carboxylic acids is 1. The van der Waals surface area contributed by atoms with E-state index in [0.29, 0.717) is 5.69 Å². The van der Waals surface area contributed by atoms with Crippen LogP contribution in [0.1, 0.15) is 20.8 Å². The van der Waals surface area contributed by atoms with Gasteiger partial charge in [0.15, 0.2) is 0 Å². The first-order valence-corrected chi connectivity index (χ1v) is 5.33. The van der Waals surface area contributed by atoms with Crippen LogP contribution in [0.4, 0.5) is 10.1 Å². The van der Waals surface area contributed by atoms with Gasteiger partial charge < -0.3 is 10.4 Å². The summed E-state index contributed by atoms with van der Waals surface area (Å²) in [6, 6.07) is 9.59. The fourth-order valence-corrected chi connectivity index (χ4v) is 1.46. The Kier molecular flexibility index (Phi) is 3.51. The summed E-state index contributed by atoms with van der Waals surface area (Å²) in [5, 5.41) is 11.3. The van der Waals surface area contributed by atoms with Crippen molar-refractivity contribution >= 4 is 17.6 Å². The summed E-state index contributed by atoms with van der Waals surface area (Å²) < 4.78 is 12.9. The molecular formula is C13H9FN2O3. The largest absolute Gasteiger partial charge is 0.478 e. The van der Waals surface area contributed by atoms with Gasteiger partial charge in [0.25, 0.3) is 5.91 Å². The number of hydrogen-bond donors (Lipinski definition) is 2. The standard InChI is InChI=1S/C13H9FN2O3/c14-11-6-2-5-10(16-11)12(17)15-9-4-1-3-8(7-9)13(18)19/h1-7H,(H,15,17)(H,18,19). The summed E-state index contributed by atoms with van der Waals surface area (Å²) in [5.74, 6) is -2.46. The van der Waals surface area contributed by atoms with Gasteiger partial charge in [-0.3, -0.25) is 4.79 Å². The van der Waals surface area contributed by atoms with Crippen molar-refractivity contribution in [2.75, 3.05) is 5.32 Å². The summed E-state index contributed by atoms with van der Waals surface area (Å²) in [4.78, 5) is 26.0. The molecule has 0 unspecified atom stereocenters. The van der Waals surface area contributed by atoms with Crippen LogP contribution < -0.4 is 5.32 Å². The molecule has 0 aliphatic rings. The van der Waals surface area contributed by atoms with Crippen LogP contribution in [0, 0.1) is 5.95 Å². The minimum absolute atomic E-state index is 0.0463. The lowest BCUT2D eigenvalue weighted by Crippen LogP contribution is -2.14. The van der Waals surface area contributed by atoms with E-state index in [-0.39, 0.29) is 11.3 Å². The van der Waals surface area contributed by atoms with Crippen molar-refractivity contribution in [2.45, 2.75) is 0 Å². The highest BCUT2D eigenvalue weighted by Gasteiger charge is 2.10. The second-order valence-electron chi connectivity index (χ2n) is 3.69. The summed E-state index contributed by atoms with van der Waals surface area (Å²) in [6.07, 6.45) is 0. The van der Waals surface area contributed by atoms with E-state index in [0.717, 1.165) is 6.07 Å². The van der Waals surface area contributed by atoms with E-state index in [9.17, 15) is 14.0 Å². The van der Waals surface area contributed by atoms with Crippen LogP contribution in [-0.2, 0) is 0 Å². The van der Waals surface area contributed by atoms with Crippen molar-refractivity contribution in [3.63, 3.8) is 0 Å². The number of halogens is 1. The van der Waals surface area contributed by atoms with Crippen molar-refractivity contribution in [3.05, 3.63) is 59.7 Å². The second kappa shape index (κ2) is 5.26. The zero-order chi connectivity index (χ0) is 13.8. The minimum Gasteiger partial charge on any atom is -0.478 e. The smallest absolute Gasteiger partial charge is 0.335 e. The van der Waals surface area contributed by atoms with Crippen molar-refractivity contribution in [1.82, 2.24) is 4.98 Å². The van der Waals surface area contributed by atoms with Crippen LogP contribution in [0.25, 0.3) is 0 Å². The highest BCUT2D eigenvalue weighted by atomic mass is 19.1. The maximum atomic E-state index is 12.9. The van der Waals surface area contributed by atoms with Gasteiger partial charge in [0, 0.05) is 5.69 Å². The molecule has 5 nitrogen and oxygen atoms in total. The Labute approximate surface area is 107 Å². The molecule has 0 saturated heterocycles. The first-order valence-electron chi connectivity index (χ1n) is 5.33. The zero-order valence-corrected chi connectivity index (χ0v) is 9.63. The Balaban J connectivity index is 2.19. The van der Waals surface area contributed by atoms with E-state index >= 15 is 0 Å². The fourth-order valence-electron chi connectivity index (χ4n) is 1.46. The summed E-state index contributed by atoms with van der Waals surface area (Å²) in [6.45, 7) is 0. The Hall–Kier alpha value is -2.76. The molecule has 0 bridgehead atoms. The number of benzene rings is 1. The average Bonchev–Trinajstić information content (AvgIpc) is 2.39. The van der Waals surface area contributed by atoms with Gasteiger partial charge in [-0.05, 0) is 30.3 Å². The molecular weight excluding hydrogens is 251 g/mol. The third-order valence-corrected chi connectivity index (χ3v) is 2.32. The third-order valence-electron chi connectivity index (χ3n) is 2.32. The fraction of sp³-hybridized carbons (Fsp3) is 0. The molecule has 2 rings (SSSR count). The van der Waals surface area contributed by atoms with E-state index < -0.39 is 17.8 Å². The molecule has 0 aliphatic carbocycles. The molecule has 0 fully saturated rings. The van der Waals surface area contributed by atoms with E-state index in [1.54, 1.807) is 0 Å². The average molecular weight is 260 g/mol. The number of nitrogens with zero attached hydrogens (tertiary/aromatic N) is 1. The Morgan fingerprint density at radius 2 is 1.89 bits per heavy atom. The van der Waals surface area contributed by atoms with Crippen LogP contribution in [0.15, 0.2) is 42.5 Å². The van der Waals surface area contributed by atoms with E-state index in [2.05, 4.69) is 10.3 Å². The van der Waals surface area contributed by atoms with Crippen molar-refractivity contribution in [1.29, 1.82) is 0 Å². The van der Waals surface area contributed by atoms with Gasteiger partial charge in [0.2, 0.25) is 5.95 Å². The van der Waals surface area contributed by atoms with Gasteiger partial charge in [-0.1, -0.05) is 12.1 Å².